The van der Waals surface area contributed by atoms with Crippen molar-refractivity contribution in [2.24, 2.45) is 0 Å². The normalized spacial score (nSPS) is 12.2. The number of allylic oxidation sites excluding steroid dienone is 2. The quantitative estimate of drug-likeness (QED) is 0.224. The lowest BCUT2D eigenvalue weighted by atomic mass is 10.1. The summed E-state index contributed by atoms with van der Waals surface area (Å²) in [6, 6.07) is 21.9. The third-order valence-electron chi connectivity index (χ3n) is 5.39. The molecule has 1 nitrogen and oxygen atoms in total. The smallest absolute Gasteiger partial charge is 0.113 e. The molecule has 2 aromatic carbocycles. The SMILES string of the molecule is CCCCC/C=C\[N+](/C=C/CCCCC)(Cc1ccccc1)Cc1ccccc1. The first kappa shape index (κ1) is 23.2. The fraction of sp³-hybridized carbons (Fsp3) is 0.429. The van der Waals surface area contributed by atoms with Gasteiger partial charge >= 0.3 is 0 Å². The molecule has 0 saturated heterocycles. The summed E-state index contributed by atoms with van der Waals surface area (Å²) in [5.41, 5.74) is 2.78. The van der Waals surface area contributed by atoms with Crippen molar-refractivity contribution in [2.45, 2.75) is 78.3 Å². The highest BCUT2D eigenvalue weighted by atomic mass is 15.3. The fourth-order valence-electron chi connectivity index (χ4n) is 3.76. The number of unbranched alkanes of at least 4 members (excludes halogenated alkanes) is 6. The Balaban J connectivity index is 2.27. The molecule has 0 aliphatic rings. The van der Waals surface area contributed by atoms with Crippen molar-refractivity contribution in [3.63, 3.8) is 0 Å². The van der Waals surface area contributed by atoms with E-state index in [1.54, 1.807) is 0 Å². The molecule has 0 amide bonds. The number of hydrogen-bond acceptors (Lipinski definition) is 0. The average Bonchev–Trinajstić information content (AvgIpc) is 2.75. The van der Waals surface area contributed by atoms with Gasteiger partial charge in [0.1, 0.15) is 13.1 Å². The molecule has 0 heterocycles. The number of quaternary nitrogens is 1. The topological polar surface area (TPSA) is 0 Å². The maximum absolute atomic E-state index is 2.45. The predicted octanol–water partition coefficient (Wildman–Crippen LogP) is 8.39. The summed E-state index contributed by atoms with van der Waals surface area (Å²) in [5, 5.41) is 0. The van der Waals surface area contributed by atoms with Crippen LogP contribution in [0.4, 0.5) is 0 Å². The summed E-state index contributed by atoms with van der Waals surface area (Å²) in [6.07, 6.45) is 19.8. The minimum absolute atomic E-state index is 0.853. The lowest BCUT2D eigenvalue weighted by Crippen LogP contribution is -2.35. The molecule has 0 aliphatic carbocycles. The second-order valence-corrected chi connectivity index (χ2v) is 8.15. The third-order valence-corrected chi connectivity index (χ3v) is 5.39. The van der Waals surface area contributed by atoms with Crippen LogP contribution < -0.4 is 0 Å². The van der Waals surface area contributed by atoms with E-state index in [0.29, 0.717) is 0 Å². The second-order valence-electron chi connectivity index (χ2n) is 8.15. The van der Waals surface area contributed by atoms with Crippen LogP contribution in [0.5, 0.6) is 0 Å². The Bertz CT molecular complexity index is 636. The summed E-state index contributed by atoms with van der Waals surface area (Å²) >= 11 is 0. The molecule has 29 heavy (non-hydrogen) atoms. The molecule has 1 heteroatoms. The zero-order valence-electron chi connectivity index (χ0n) is 18.6. The van der Waals surface area contributed by atoms with Crippen LogP contribution in [0.25, 0.3) is 0 Å². The molecule has 0 spiro atoms. The zero-order valence-corrected chi connectivity index (χ0v) is 18.6. The molecule has 156 valence electrons. The summed E-state index contributed by atoms with van der Waals surface area (Å²) < 4.78 is 0.853. The van der Waals surface area contributed by atoms with Gasteiger partial charge < -0.3 is 0 Å². The summed E-state index contributed by atoms with van der Waals surface area (Å²) in [6.45, 7) is 6.52. The van der Waals surface area contributed by atoms with Crippen molar-refractivity contribution in [3.05, 3.63) is 96.3 Å². The molecule has 0 atom stereocenters. The van der Waals surface area contributed by atoms with E-state index in [1.807, 2.05) is 0 Å². The third kappa shape index (κ3) is 9.28. The Kier molecular flexibility index (Phi) is 11.1. The van der Waals surface area contributed by atoms with Crippen molar-refractivity contribution >= 4 is 0 Å². The highest BCUT2D eigenvalue weighted by Crippen LogP contribution is 2.23. The van der Waals surface area contributed by atoms with E-state index in [9.17, 15) is 0 Å². The molecule has 0 unspecified atom stereocenters. The van der Waals surface area contributed by atoms with Crippen molar-refractivity contribution in [1.29, 1.82) is 0 Å². The molecular weight excluding hydrogens is 350 g/mol. The summed E-state index contributed by atoms with van der Waals surface area (Å²) in [7, 11) is 0. The molecule has 0 aliphatic heterocycles. The lowest BCUT2D eigenvalue weighted by Gasteiger charge is -2.31. The Morgan fingerprint density at radius 1 is 0.586 bits per heavy atom. The predicted molar refractivity (Wildman–Crippen MR) is 127 cm³/mol. The van der Waals surface area contributed by atoms with Crippen molar-refractivity contribution in [1.82, 2.24) is 0 Å². The number of hydrogen-bond donors (Lipinski definition) is 0. The van der Waals surface area contributed by atoms with E-state index >= 15 is 0 Å². The van der Waals surface area contributed by atoms with E-state index in [4.69, 9.17) is 0 Å². The second kappa shape index (κ2) is 14.0. The van der Waals surface area contributed by atoms with Crippen LogP contribution in [-0.4, -0.2) is 4.48 Å². The Hall–Kier alpha value is -2.12. The minimum atomic E-state index is 0.853. The monoisotopic (exact) mass is 390 g/mol. The lowest BCUT2D eigenvalue weighted by molar-refractivity contribution is -0.856. The van der Waals surface area contributed by atoms with Crippen LogP contribution in [0.3, 0.4) is 0 Å². The van der Waals surface area contributed by atoms with E-state index in [2.05, 4.69) is 99.1 Å². The maximum Gasteiger partial charge on any atom is 0.113 e. The molecule has 0 saturated carbocycles. The first-order chi connectivity index (χ1) is 14.3. The zero-order chi connectivity index (χ0) is 20.6. The van der Waals surface area contributed by atoms with Gasteiger partial charge in [0, 0.05) is 11.1 Å². The van der Waals surface area contributed by atoms with Gasteiger partial charge in [-0.3, -0.25) is 4.48 Å². The highest BCUT2D eigenvalue weighted by molar-refractivity contribution is 5.16. The van der Waals surface area contributed by atoms with Gasteiger partial charge in [-0.1, -0.05) is 100 Å². The van der Waals surface area contributed by atoms with Gasteiger partial charge in [0.15, 0.2) is 0 Å². The van der Waals surface area contributed by atoms with Gasteiger partial charge in [0.05, 0.1) is 12.4 Å². The van der Waals surface area contributed by atoms with Gasteiger partial charge in [-0.2, -0.15) is 0 Å². The Morgan fingerprint density at radius 3 is 1.38 bits per heavy atom. The average molecular weight is 391 g/mol. The van der Waals surface area contributed by atoms with Gasteiger partial charge in [-0.25, -0.2) is 0 Å². The molecule has 0 radical (unpaired) electrons. The first-order valence-electron chi connectivity index (χ1n) is 11.6. The molecule has 0 bridgehead atoms. The molecule has 2 rings (SSSR count). The highest BCUT2D eigenvalue weighted by Gasteiger charge is 2.23. The van der Waals surface area contributed by atoms with Crippen LogP contribution in [0.1, 0.15) is 76.3 Å². The van der Waals surface area contributed by atoms with Crippen LogP contribution in [-0.2, 0) is 13.1 Å². The minimum Gasteiger partial charge on any atom is -0.264 e. The molecule has 0 aromatic heterocycles. The van der Waals surface area contributed by atoms with Gasteiger partial charge in [-0.15, -0.1) is 0 Å². The number of benzene rings is 2. The van der Waals surface area contributed by atoms with Crippen LogP contribution in [0.15, 0.2) is 85.2 Å². The first-order valence-corrected chi connectivity index (χ1v) is 11.6. The molecule has 0 N–H and O–H groups in total. The van der Waals surface area contributed by atoms with Gasteiger partial charge in [-0.05, 0) is 37.8 Å². The maximum atomic E-state index is 2.45. The van der Waals surface area contributed by atoms with Crippen molar-refractivity contribution in [2.75, 3.05) is 0 Å². The summed E-state index contributed by atoms with van der Waals surface area (Å²) in [5.74, 6) is 0. The molecular formula is C28H40N+. The van der Waals surface area contributed by atoms with Crippen molar-refractivity contribution in [3.8, 4) is 0 Å². The largest absolute Gasteiger partial charge is 0.264 e. The Labute approximate surface area is 179 Å². The van der Waals surface area contributed by atoms with E-state index in [1.165, 1.54) is 62.5 Å². The van der Waals surface area contributed by atoms with E-state index in [0.717, 1.165) is 17.6 Å². The standard InChI is InChI=1S/C28H40N/c1-3-5-7-9-17-23-29(24-18-10-8-6-4-2,25-27-19-13-11-14-20-27)26-28-21-15-12-16-22-28/h11-24H,3-10,25-26H2,1-2H3/q+1/b23-17-,24-18+. The fourth-order valence-corrected chi connectivity index (χ4v) is 3.76. The van der Waals surface area contributed by atoms with Gasteiger partial charge in [0.2, 0.25) is 0 Å². The molecule has 2 aromatic rings. The van der Waals surface area contributed by atoms with Crippen LogP contribution >= 0.6 is 0 Å². The van der Waals surface area contributed by atoms with Crippen LogP contribution in [0.2, 0.25) is 0 Å². The van der Waals surface area contributed by atoms with Crippen molar-refractivity contribution < 1.29 is 4.48 Å². The van der Waals surface area contributed by atoms with E-state index < -0.39 is 0 Å². The number of nitrogens with zero attached hydrogens (tertiary/aromatic N) is 1. The van der Waals surface area contributed by atoms with E-state index in [-0.39, 0.29) is 0 Å². The van der Waals surface area contributed by atoms with Crippen LogP contribution in [0, 0.1) is 0 Å². The number of rotatable bonds is 14. The summed E-state index contributed by atoms with van der Waals surface area (Å²) in [4.78, 5) is 0. The molecule has 0 fully saturated rings. The Morgan fingerprint density at radius 2 is 1.00 bits per heavy atom. The van der Waals surface area contributed by atoms with Gasteiger partial charge in [0.25, 0.3) is 0 Å².